The Morgan fingerprint density at radius 2 is 1.94 bits per heavy atom. The summed E-state index contributed by atoms with van der Waals surface area (Å²) in [7, 11) is 0. The topological polar surface area (TPSA) is 29.1 Å². The summed E-state index contributed by atoms with van der Waals surface area (Å²) in [5.74, 6) is -1.71. The molecule has 0 unspecified atom stereocenters. The Morgan fingerprint density at radius 3 is 2.35 bits per heavy atom. The Labute approximate surface area is 105 Å². The van der Waals surface area contributed by atoms with Crippen molar-refractivity contribution in [3.05, 3.63) is 28.2 Å². The van der Waals surface area contributed by atoms with Crippen LogP contribution in [0.3, 0.4) is 0 Å². The van der Waals surface area contributed by atoms with Crippen LogP contribution in [-0.2, 0) is 4.79 Å². The second-order valence-electron chi connectivity index (χ2n) is 3.85. The molecule has 1 aromatic carbocycles. The molecule has 0 aliphatic rings. The maximum absolute atomic E-state index is 12.0. The normalized spacial score (nSPS) is 11.7. The van der Waals surface area contributed by atoms with E-state index in [-0.39, 0.29) is 11.6 Å². The number of amides is 1. The van der Waals surface area contributed by atoms with Crippen molar-refractivity contribution in [1.29, 1.82) is 0 Å². The fourth-order valence-corrected chi connectivity index (χ4v) is 1.68. The second kappa shape index (κ2) is 5.08. The molecule has 0 aliphatic carbocycles. The van der Waals surface area contributed by atoms with Gasteiger partial charge in [0.1, 0.15) is 0 Å². The van der Waals surface area contributed by atoms with Crippen molar-refractivity contribution in [2.45, 2.75) is 25.9 Å². The number of hydrogen-bond donors (Lipinski definition) is 1. The molecule has 0 saturated carbocycles. The standard InChI is InChI=1S/C11H11BrF3NO/c1-6(2)7-3-4-9(8(12)5-7)16-10(17)11(13,14)15/h3-6H,1-2H3,(H,16,17). The summed E-state index contributed by atoms with van der Waals surface area (Å²) in [5, 5.41) is 1.81. The molecular weight excluding hydrogens is 299 g/mol. The molecule has 1 N–H and O–H groups in total. The van der Waals surface area contributed by atoms with Crippen LogP contribution in [0.1, 0.15) is 25.3 Å². The Bertz CT molecular complexity index is 429. The van der Waals surface area contributed by atoms with E-state index in [1.54, 1.807) is 17.4 Å². The highest BCUT2D eigenvalue weighted by Gasteiger charge is 2.38. The molecule has 2 nitrogen and oxygen atoms in total. The molecule has 0 heterocycles. The summed E-state index contributed by atoms with van der Waals surface area (Å²) in [6.07, 6.45) is -4.88. The Balaban J connectivity index is 2.91. The van der Waals surface area contributed by atoms with E-state index in [1.807, 2.05) is 13.8 Å². The molecule has 0 aliphatic heterocycles. The highest BCUT2D eigenvalue weighted by molar-refractivity contribution is 9.10. The Hall–Kier alpha value is -1.04. The third kappa shape index (κ3) is 3.73. The molecule has 1 amide bonds. The number of halogens is 4. The first-order valence-corrected chi connectivity index (χ1v) is 5.68. The SMILES string of the molecule is CC(C)c1ccc(NC(=O)C(F)(F)F)c(Br)c1. The number of carbonyl (C=O) groups excluding carboxylic acids is 1. The van der Waals surface area contributed by atoms with Crippen molar-refractivity contribution in [3.8, 4) is 0 Å². The van der Waals surface area contributed by atoms with Crippen LogP contribution in [0.4, 0.5) is 18.9 Å². The smallest absolute Gasteiger partial charge is 0.317 e. The van der Waals surface area contributed by atoms with Gasteiger partial charge in [0.15, 0.2) is 0 Å². The van der Waals surface area contributed by atoms with Gasteiger partial charge in [-0.2, -0.15) is 13.2 Å². The number of carbonyl (C=O) groups is 1. The van der Waals surface area contributed by atoms with Crippen LogP contribution in [0.5, 0.6) is 0 Å². The fourth-order valence-electron chi connectivity index (χ4n) is 1.19. The molecular formula is C11H11BrF3NO. The number of anilines is 1. The molecule has 0 atom stereocenters. The van der Waals surface area contributed by atoms with E-state index in [9.17, 15) is 18.0 Å². The highest BCUT2D eigenvalue weighted by atomic mass is 79.9. The molecule has 0 bridgehead atoms. The second-order valence-corrected chi connectivity index (χ2v) is 4.70. The van der Waals surface area contributed by atoms with E-state index in [4.69, 9.17) is 0 Å². The number of benzene rings is 1. The van der Waals surface area contributed by atoms with Gasteiger partial charge in [0.25, 0.3) is 0 Å². The molecule has 0 fully saturated rings. The lowest BCUT2D eigenvalue weighted by Gasteiger charge is -2.12. The van der Waals surface area contributed by atoms with Crippen LogP contribution >= 0.6 is 15.9 Å². The molecule has 1 rings (SSSR count). The summed E-state index contributed by atoms with van der Waals surface area (Å²) in [6.45, 7) is 3.94. The summed E-state index contributed by atoms with van der Waals surface area (Å²) in [6, 6.07) is 4.82. The van der Waals surface area contributed by atoms with E-state index < -0.39 is 12.1 Å². The third-order valence-electron chi connectivity index (χ3n) is 2.17. The van der Waals surface area contributed by atoms with Crippen LogP contribution in [0, 0.1) is 0 Å². The fraction of sp³-hybridized carbons (Fsp3) is 0.364. The maximum atomic E-state index is 12.0. The van der Waals surface area contributed by atoms with E-state index >= 15 is 0 Å². The van der Waals surface area contributed by atoms with Crippen LogP contribution in [-0.4, -0.2) is 12.1 Å². The van der Waals surface area contributed by atoms with Crippen LogP contribution in [0.2, 0.25) is 0 Å². The van der Waals surface area contributed by atoms with Gasteiger partial charge in [-0.3, -0.25) is 4.79 Å². The first-order chi connectivity index (χ1) is 7.71. The number of alkyl halides is 3. The van der Waals surface area contributed by atoms with Gasteiger partial charge in [0.2, 0.25) is 0 Å². The van der Waals surface area contributed by atoms with Gasteiger partial charge in [-0.05, 0) is 39.5 Å². The van der Waals surface area contributed by atoms with Gasteiger partial charge in [0, 0.05) is 4.47 Å². The van der Waals surface area contributed by atoms with Crippen LogP contribution in [0.15, 0.2) is 22.7 Å². The number of hydrogen-bond acceptors (Lipinski definition) is 1. The summed E-state index contributed by atoms with van der Waals surface area (Å²) in [5.41, 5.74) is 1.08. The molecule has 0 aromatic heterocycles. The van der Waals surface area contributed by atoms with Gasteiger partial charge in [0.05, 0.1) is 5.69 Å². The predicted molar refractivity (Wildman–Crippen MR) is 62.9 cm³/mol. The van der Waals surface area contributed by atoms with Gasteiger partial charge < -0.3 is 5.32 Å². The van der Waals surface area contributed by atoms with Crippen molar-refractivity contribution in [1.82, 2.24) is 0 Å². The van der Waals surface area contributed by atoms with Gasteiger partial charge in [-0.15, -0.1) is 0 Å². The molecule has 1 aromatic rings. The van der Waals surface area contributed by atoms with Crippen LogP contribution < -0.4 is 5.32 Å². The monoisotopic (exact) mass is 309 g/mol. The number of rotatable bonds is 2. The van der Waals surface area contributed by atoms with Crippen molar-refractivity contribution in [2.24, 2.45) is 0 Å². The van der Waals surface area contributed by atoms with Gasteiger partial charge in [-0.25, -0.2) is 0 Å². The van der Waals surface area contributed by atoms with Crippen molar-refractivity contribution < 1.29 is 18.0 Å². The lowest BCUT2D eigenvalue weighted by molar-refractivity contribution is -0.167. The van der Waals surface area contributed by atoms with Crippen LogP contribution in [0.25, 0.3) is 0 Å². The Morgan fingerprint density at radius 1 is 1.35 bits per heavy atom. The Kier molecular flexibility index (Phi) is 4.19. The zero-order valence-electron chi connectivity index (χ0n) is 9.23. The van der Waals surface area contributed by atoms with E-state index in [0.29, 0.717) is 4.47 Å². The van der Waals surface area contributed by atoms with Crippen molar-refractivity contribution >= 4 is 27.5 Å². The summed E-state index contributed by atoms with van der Waals surface area (Å²) < 4.78 is 36.6. The largest absolute Gasteiger partial charge is 0.471 e. The molecule has 94 valence electrons. The quantitative estimate of drug-likeness (QED) is 0.876. The highest BCUT2D eigenvalue weighted by Crippen LogP contribution is 2.28. The molecule has 0 radical (unpaired) electrons. The van der Waals surface area contributed by atoms with E-state index in [0.717, 1.165) is 5.56 Å². The minimum absolute atomic E-state index is 0.108. The summed E-state index contributed by atoms with van der Waals surface area (Å²) >= 11 is 3.13. The molecule has 0 saturated heterocycles. The van der Waals surface area contributed by atoms with Crippen molar-refractivity contribution in [2.75, 3.05) is 5.32 Å². The predicted octanol–water partition coefficient (Wildman–Crippen LogP) is 4.07. The van der Waals surface area contributed by atoms with Gasteiger partial charge in [-0.1, -0.05) is 19.9 Å². The van der Waals surface area contributed by atoms with E-state index in [1.165, 1.54) is 6.07 Å². The lowest BCUT2D eigenvalue weighted by atomic mass is 10.0. The van der Waals surface area contributed by atoms with E-state index in [2.05, 4.69) is 15.9 Å². The number of nitrogens with one attached hydrogen (secondary N) is 1. The first-order valence-electron chi connectivity index (χ1n) is 4.89. The lowest BCUT2D eigenvalue weighted by Crippen LogP contribution is -2.30. The van der Waals surface area contributed by atoms with Gasteiger partial charge >= 0.3 is 12.1 Å². The minimum Gasteiger partial charge on any atom is -0.317 e. The average molecular weight is 310 g/mol. The third-order valence-corrected chi connectivity index (χ3v) is 2.82. The van der Waals surface area contributed by atoms with Crippen molar-refractivity contribution in [3.63, 3.8) is 0 Å². The first kappa shape index (κ1) is 14.0. The molecule has 17 heavy (non-hydrogen) atoms. The molecule has 0 spiro atoms. The zero-order valence-corrected chi connectivity index (χ0v) is 10.8. The maximum Gasteiger partial charge on any atom is 0.471 e. The molecule has 6 heteroatoms. The zero-order chi connectivity index (χ0) is 13.2. The average Bonchev–Trinajstić information content (AvgIpc) is 2.19. The summed E-state index contributed by atoms with van der Waals surface area (Å²) in [4.78, 5) is 10.7. The minimum atomic E-state index is -4.88.